The van der Waals surface area contributed by atoms with Gasteiger partial charge in [-0.25, -0.2) is 0 Å². The molecule has 1 aromatic heterocycles. The third-order valence-corrected chi connectivity index (χ3v) is 3.96. The van der Waals surface area contributed by atoms with E-state index in [1.165, 1.54) is 6.42 Å². The number of aromatic nitrogens is 2. The van der Waals surface area contributed by atoms with E-state index in [-0.39, 0.29) is 11.6 Å². The molecule has 5 nitrogen and oxygen atoms in total. The van der Waals surface area contributed by atoms with Crippen molar-refractivity contribution in [2.45, 2.75) is 44.8 Å². The predicted molar refractivity (Wildman–Crippen MR) is 74.4 cm³/mol. The number of nitrogens with zero attached hydrogens (tertiary/aromatic N) is 2. The Hall–Kier alpha value is -1.07. The highest BCUT2D eigenvalue weighted by molar-refractivity contribution is 5.30. The molecule has 1 fully saturated rings. The minimum atomic E-state index is -0.199. The van der Waals surface area contributed by atoms with Crippen molar-refractivity contribution in [1.29, 1.82) is 0 Å². The molecular weight excluding hydrogens is 242 g/mol. The monoisotopic (exact) mass is 267 g/mol. The van der Waals surface area contributed by atoms with Crippen molar-refractivity contribution >= 4 is 0 Å². The summed E-state index contributed by atoms with van der Waals surface area (Å²) in [4.78, 5) is 0. The van der Waals surface area contributed by atoms with Crippen LogP contribution in [0.3, 0.4) is 0 Å². The maximum atomic E-state index is 6.10. The fourth-order valence-electron chi connectivity index (χ4n) is 2.90. The van der Waals surface area contributed by atoms with Gasteiger partial charge in [-0.15, -0.1) is 0 Å². The number of hydrogen-bond acceptors (Lipinski definition) is 4. The molecule has 2 rings (SSSR count). The van der Waals surface area contributed by atoms with Crippen LogP contribution in [0.2, 0.25) is 0 Å². The highest BCUT2D eigenvalue weighted by Crippen LogP contribution is 2.39. The van der Waals surface area contributed by atoms with Gasteiger partial charge in [0.05, 0.1) is 30.6 Å². The molecule has 1 aliphatic rings. The zero-order valence-electron chi connectivity index (χ0n) is 12.4. The first-order valence-corrected chi connectivity index (χ1v) is 7.05. The molecule has 0 aliphatic carbocycles. The van der Waals surface area contributed by atoms with Gasteiger partial charge in [-0.3, -0.25) is 4.68 Å². The number of methoxy groups -OCH3 is 1. The minimum Gasteiger partial charge on any atom is -0.493 e. The molecule has 0 radical (unpaired) electrons. The van der Waals surface area contributed by atoms with E-state index in [0.29, 0.717) is 0 Å². The van der Waals surface area contributed by atoms with Crippen molar-refractivity contribution in [1.82, 2.24) is 15.1 Å². The lowest BCUT2D eigenvalue weighted by Gasteiger charge is -2.41. The Kier molecular flexibility index (Phi) is 4.47. The van der Waals surface area contributed by atoms with Gasteiger partial charge in [0, 0.05) is 13.7 Å². The smallest absolute Gasteiger partial charge is 0.161 e. The topological polar surface area (TPSA) is 48.3 Å². The van der Waals surface area contributed by atoms with Crippen molar-refractivity contribution in [3.05, 3.63) is 11.9 Å². The number of aryl methyl sites for hydroxylation is 1. The quantitative estimate of drug-likeness (QED) is 0.887. The molecule has 0 saturated carbocycles. The Morgan fingerprint density at radius 2 is 2.37 bits per heavy atom. The maximum Gasteiger partial charge on any atom is 0.161 e. The van der Waals surface area contributed by atoms with E-state index in [2.05, 4.69) is 24.3 Å². The van der Waals surface area contributed by atoms with Gasteiger partial charge in [-0.05, 0) is 32.7 Å². The zero-order valence-corrected chi connectivity index (χ0v) is 12.4. The van der Waals surface area contributed by atoms with E-state index in [4.69, 9.17) is 9.47 Å². The van der Waals surface area contributed by atoms with E-state index >= 15 is 0 Å². The Morgan fingerprint density at radius 3 is 2.95 bits per heavy atom. The Labute approximate surface area is 115 Å². The van der Waals surface area contributed by atoms with Gasteiger partial charge >= 0.3 is 0 Å². The zero-order chi connectivity index (χ0) is 13.9. The normalized spacial score (nSPS) is 25.3. The van der Waals surface area contributed by atoms with Crippen molar-refractivity contribution in [3.63, 3.8) is 0 Å². The van der Waals surface area contributed by atoms with E-state index in [0.717, 1.165) is 37.4 Å². The highest BCUT2D eigenvalue weighted by Gasteiger charge is 2.40. The molecule has 19 heavy (non-hydrogen) atoms. The van der Waals surface area contributed by atoms with Crippen molar-refractivity contribution in [3.8, 4) is 5.75 Å². The van der Waals surface area contributed by atoms with Crippen LogP contribution in [0, 0.1) is 0 Å². The number of hydrogen-bond donors (Lipinski definition) is 1. The largest absolute Gasteiger partial charge is 0.493 e. The third-order valence-electron chi connectivity index (χ3n) is 3.96. The molecule has 0 aromatic carbocycles. The SMILES string of the molecule is CCNC(c1c(OC)cnn1C)C1(C)CCCCO1. The van der Waals surface area contributed by atoms with Crippen LogP contribution in [0.1, 0.15) is 44.8 Å². The number of ether oxygens (including phenoxy) is 2. The number of rotatable bonds is 5. The van der Waals surface area contributed by atoms with Crippen LogP contribution < -0.4 is 10.1 Å². The lowest BCUT2D eigenvalue weighted by atomic mass is 9.86. The van der Waals surface area contributed by atoms with E-state index in [9.17, 15) is 0 Å². The van der Waals surface area contributed by atoms with Gasteiger partial charge in [0.15, 0.2) is 5.75 Å². The Balaban J connectivity index is 2.35. The molecule has 108 valence electrons. The molecule has 5 heteroatoms. The minimum absolute atomic E-state index is 0.0975. The molecule has 2 unspecified atom stereocenters. The molecule has 2 atom stereocenters. The van der Waals surface area contributed by atoms with Gasteiger partial charge in [0.2, 0.25) is 0 Å². The van der Waals surface area contributed by atoms with Gasteiger partial charge in [-0.1, -0.05) is 6.92 Å². The molecule has 1 aromatic rings. The first-order chi connectivity index (χ1) is 9.12. The Morgan fingerprint density at radius 1 is 1.58 bits per heavy atom. The summed E-state index contributed by atoms with van der Waals surface area (Å²) in [7, 11) is 3.64. The molecule has 1 N–H and O–H groups in total. The molecule has 1 aliphatic heterocycles. The van der Waals surface area contributed by atoms with Crippen LogP contribution >= 0.6 is 0 Å². The van der Waals surface area contributed by atoms with Gasteiger partial charge in [0.1, 0.15) is 0 Å². The van der Waals surface area contributed by atoms with E-state index in [1.54, 1.807) is 13.3 Å². The summed E-state index contributed by atoms with van der Waals surface area (Å²) in [5.74, 6) is 0.823. The lowest BCUT2D eigenvalue weighted by molar-refractivity contribution is -0.0913. The van der Waals surface area contributed by atoms with Crippen molar-refractivity contribution in [2.75, 3.05) is 20.3 Å². The first-order valence-electron chi connectivity index (χ1n) is 7.05. The second kappa shape index (κ2) is 5.92. The fraction of sp³-hybridized carbons (Fsp3) is 0.786. The van der Waals surface area contributed by atoms with Gasteiger partial charge in [-0.2, -0.15) is 5.10 Å². The van der Waals surface area contributed by atoms with E-state index in [1.807, 2.05) is 11.7 Å². The van der Waals surface area contributed by atoms with Crippen LogP contribution in [-0.2, 0) is 11.8 Å². The highest BCUT2D eigenvalue weighted by atomic mass is 16.5. The molecule has 0 amide bonds. The van der Waals surface area contributed by atoms with Crippen LogP contribution in [0.4, 0.5) is 0 Å². The first kappa shape index (κ1) is 14.3. The van der Waals surface area contributed by atoms with Crippen LogP contribution in [0.5, 0.6) is 5.75 Å². The van der Waals surface area contributed by atoms with Crippen molar-refractivity contribution < 1.29 is 9.47 Å². The van der Waals surface area contributed by atoms with Crippen LogP contribution in [0.25, 0.3) is 0 Å². The second-order valence-corrected chi connectivity index (χ2v) is 5.33. The standard InChI is InChI=1S/C14H25N3O2/c1-5-15-13(14(2)8-6-7-9-19-14)12-11(18-4)10-16-17(12)3/h10,13,15H,5-9H2,1-4H3. The summed E-state index contributed by atoms with van der Waals surface area (Å²) in [5.41, 5.74) is 0.865. The Bertz CT molecular complexity index is 411. The van der Waals surface area contributed by atoms with Crippen molar-refractivity contribution in [2.24, 2.45) is 7.05 Å². The average Bonchev–Trinajstić information content (AvgIpc) is 2.77. The summed E-state index contributed by atoms with van der Waals surface area (Å²) in [6.45, 7) is 6.02. The molecular formula is C14H25N3O2. The summed E-state index contributed by atoms with van der Waals surface area (Å²) < 4.78 is 13.4. The molecule has 0 bridgehead atoms. The number of nitrogens with one attached hydrogen (secondary N) is 1. The molecule has 2 heterocycles. The second-order valence-electron chi connectivity index (χ2n) is 5.33. The van der Waals surface area contributed by atoms with Gasteiger partial charge < -0.3 is 14.8 Å². The lowest BCUT2D eigenvalue weighted by Crippen LogP contribution is -2.46. The summed E-state index contributed by atoms with van der Waals surface area (Å²) >= 11 is 0. The number of likely N-dealkylation sites (N-methyl/N-ethyl adjacent to an activating group) is 1. The molecule has 1 saturated heterocycles. The summed E-state index contributed by atoms with van der Waals surface area (Å²) in [5, 5.41) is 7.86. The van der Waals surface area contributed by atoms with Crippen LogP contribution in [0.15, 0.2) is 6.20 Å². The maximum absolute atomic E-state index is 6.10. The molecule has 0 spiro atoms. The van der Waals surface area contributed by atoms with Gasteiger partial charge in [0.25, 0.3) is 0 Å². The predicted octanol–water partition coefficient (Wildman–Crippen LogP) is 2.04. The van der Waals surface area contributed by atoms with E-state index < -0.39 is 0 Å². The average molecular weight is 267 g/mol. The fourth-order valence-corrected chi connectivity index (χ4v) is 2.90. The third kappa shape index (κ3) is 2.77. The summed E-state index contributed by atoms with van der Waals surface area (Å²) in [6.07, 6.45) is 5.18. The summed E-state index contributed by atoms with van der Waals surface area (Å²) in [6, 6.07) is 0.0975. The van der Waals surface area contributed by atoms with Crippen LogP contribution in [-0.4, -0.2) is 35.6 Å².